The molecular weight excluding hydrogens is 304 g/mol. The molecule has 2 aliphatic rings. The Kier molecular flexibility index (Phi) is 3.89. The summed E-state index contributed by atoms with van der Waals surface area (Å²) in [5.74, 6) is 0.875. The summed E-state index contributed by atoms with van der Waals surface area (Å²) >= 11 is 3.52. The third-order valence-electron chi connectivity index (χ3n) is 4.20. The van der Waals surface area contributed by atoms with Crippen molar-refractivity contribution >= 4 is 21.8 Å². The normalized spacial score (nSPS) is 27.7. The van der Waals surface area contributed by atoms with Crippen LogP contribution in [0.1, 0.15) is 24.8 Å². The molecule has 2 saturated heterocycles. The second-order valence-electron chi connectivity index (χ2n) is 5.63. The van der Waals surface area contributed by atoms with Gasteiger partial charge in [0.2, 0.25) is 5.91 Å². The highest BCUT2D eigenvalue weighted by Gasteiger charge is 2.33. The molecule has 0 bridgehead atoms. The molecule has 0 aliphatic carbocycles. The summed E-state index contributed by atoms with van der Waals surface area (Å²) in [6.07, 6.45) is 2.84. The molecule has 4 heteroatoms. The van der Waals surface area contributed by atoms with Gasteiger partial charge in [-0.1, -0.05) is 28.1 Å². The maximum absolute atomic E-state index is 11.4. The van der Waals surface area contributed by atoms with Gasteiger partial charge < -0.3 is 5.32 Å². The third-order valence-corrected chi connectivity index (χ3v) is 4.70. The van der Waals surface area contributed by atoms with E-state index in [1.807, 2.05) is 0 Å². The zero-order valence-electron chi connectivity index (χ0n) is 10.9. The Balaban J connectivity index is 1.61. The average molecular weight is 323 g/mol. The van der Waals surface area contributed by atoms with E-state index in [9.17, 15) is 4.79 Å². The summed E-state index contributed by atoms with van der Waals surface area (Å²) in [6, 6.07) is 8.94. The van der Waals surface area contributed by atoms with Crippen molar-refractivity contribution in [3.8, 4) is 0 Å². The molecule has 102 valence electrons. The smallest absolute Gasteiger partial charge is 0.220 e. The molecule has 2 heterocycles. The summed E-state index contributed by atoms with van der Waals surface area (Å²) in [5, 5.41) is 3.14. The molecule has 2 fully saturated rings. The number of likely N-dealkylation sites (tertiary alicyclic amines) is 1. The van der Waals surface area contributed by atoms with Gasteiger partial charge in [-0.05, 0) is 36.5 Å². The number of piperidine rings is 2. The van der Waals surface area contributed by atoms with Crippen LogP contribution in [0.3, 0.4) is 0 Å². The lowest BCUT2D eigenvalue weighted by Gasteiger charge is -2.41. The van der Waals surface area contributed by atoms with Gasteiger partial charge in [0.15, 0.2) is 0 Å². The molecule has 2 atom stereocenters. The lowest BCUT2D eigenvalue weighted by Crippen LogP contribution is -2.53. The van der Waals surface area contributed by atoms with E-state index in [0.717, 1.165) is 36.9 Å². The van der Waals surface area contributed by atoms with Crippen molar-refractivity contribution in [2.24, 2.45) is 5.92 Å². The van der Waals surface area contributed by atoms with Crippen LogP contribution in [0.4, 0.5) is 0 Å². The monoisotopic (exact) mass is 322 g/mol. The Morgan fingerprint density at radius 1 is 1.37 bits per heavy atom. The van der Waals surface area contributed by atoms with Crippen molar-refractivity contribution in [3.63, 3.8) is 0 Å². The highest BCUT2D eigenvalue weighted by Crippen LogP contribution is 2.26. The van der Waals surface area contributed by atoms with Gasteiger partial charge in [-0.15, -0.1) is 0 Å². The van der Waals surface area contributed by atoms with Crippen LogP contribution in [-0.2, 0) is 11.3 Å². The first-order chi connectivity index (χ1) is 9.20. The number of halogens is 1. The maximum Gasteiger partial charge on any atom is 0.220 e. The van der Waals surface area contributed by atoms with E-state index in [0.29, 0.717) is 18.4 Å². The number of fused-ring (bicyclic) bond motifs is 1. The molecular formula is C15H19BrN2O. The summed E-state index contributed by atoms with van der Waals surface area (Å²) in [4.78, 5) is 13.9. The predicted octanol–water partition coefficient (Wildman–Crippen LogP) is 2.55. The quantitative estimate of drug-likeness (QED) is 0.907. The lowest BCUT2D eigenvalue weighted by molar-refractivity contribution is -0.125. The summed E-state index contributed by atoms with van der Waals surface area (Å²) in [7, 11) is 0. The van der Waals surface area contributed by atoms with E-state index < -0.39 is 0 Å². The number of hydrogen-bond acceptors (Lipinski definition) is 2. The first kappa shape index (κ1) is 13.1. The molecule has 0 spiro atoms. The van der Waals surface area contributed by atoms with Crippen molar-refractivity contribution in [1.82, 2.24) is 10.2 Å². The van der Waals surface area contributed by atoms with Gasteiger partial charge in [0, 0.05) is 36.6 Å². The number of nitrogens with one attached hydrogen (secondary N) is 1. The molecule has 3 rings (SSSR count). The number of nitrogens with zero attached hydrogens (tertiary/aromatic N) is 1. The summed E-state index contributed by atoms with van der Waals surface area (Å²) in [5.41, 5.74) is 1.35. The second-order valence-corrected chi connectivity index (χ2v) is 6.54. The van der Waals surface area contributed by atoms with E-state index in [2.05, 4.69) is 50.4 Å². The van der Waals surface area contributed by atoms with Crippen LogP contribution in [-0.4, -0.2) is 29.9 Å². The predicted molar refractivity (Wildman–Crippen MR) is 78.7 cm³/mol. The molecule has 1 amide bonds. The van der Waals surface area contributed by atoms with E-state index in [1.54, 1.807) is 0 Å². The molecule has 0 radical (unpaired) electrons. The first-order valence-electron chi connectivity index (χ1n) is 6.97. The van der Waals surface area contributed by atoms with Gasteiger partial charge >= 0.3 is 0 Å². The van der Waals surface area contributed by atoms with Gasteiger partial charge in [-0.25, -0.2) is 0 Å². The Hall–Kier alpha value is -0.870. The molecule has 1 aromatic rings. The summed E-state index contributed by atoms with van der Waals surface area (Å²) < 4.78 is 1.14. The van der Waals surface area contributed by atoms with Gasteiger partial charge in [0.1, 0.15) is 0 Å². The SMILES string of the molecule is O=C1CCC2CN(Cc3cccc(Br)c3)CCC2N1. The molecule has 19 heavy (non-hydrogen) atoms. The number of benzene rings is 1. The largest absolute Gasteiger partial charge is 0.353 e. The zero-order valence-corrected chi connectivity index (χ0v) is 12.5. The number of carbonyl (C=O) groups is 1. The second kappa shape index (κ2) is 5.63. The fourth-order valence-electron chi connectivity index (χ4n) is 3.22. The van der Waals surface area contributed by atoms with E-state index in [4.69, 9.17) is 0 Å². The Bertz CT molecular complexity index is 477. The van der Waals surface area contributed by atoms with Crippen molar-refractivity contribution in [2.75, 3.05) is 13.1 Å². The molecule has 3 nitrogen and oxygen atoms in total. The Morgan fingerprint density at radius 2 is 2.26 bits per heavy atom. The topological polar surface area (TPSA) is 32.3 Å². The molecule has 1 aromatic carbocycles. The van der Waals surface area contributed by atoms with Gasteiger partial charge in [-0.3, -0.25) is 9.69 Å². The average Bonchev–Trinajstić information content (AvgIpc) is 2.39. The number of carbonyl (C=O) groups excluding carboxylic acids is 1. The molecule has 1 N–H and O–H groups in total. The lowest BCUT2D eigenvalue weighted by atomic mass is 9.85. The van der Waals surface area contributed by atoms with Crippen molar-refractivity contribution in [1.29, 1.82) is 0 Å². The van der Waals surface area contributed by atoms with Crippen molar-refractivity contribution in [2.45, 2.75) is 31.8 Å². The van der Waals surface area contributed by atoms with Crippen molar-refractivity contribution in [3.05, 3.63) is 34.3 Å². The van der Waals surface area contributed by atoms with Gasteiger partial charge in [0.25, 0.3) is 0 Å². The third kappa shape index (κ3) is 3.18. The Morgan fingerprint density at radius 3 is 3.11 bits per heavy atom. The highest BCUT2D eigenvalue weighted by molar-refractivity contribution is 9.10. The van der Waals surface area contributed by atoms with Crippen molar-refractivity contribution < 1.29 is 4.79 Å². The number of hydrogen-bond donors (Lipinski definition) is 1. The van der Waals surface area contributed by atoms with Crippen LogP contribution >= 0.6 is 15.9 Å². The van der Waals surface area contributed by atoms with Crippen LogP contribution in [0.5, 0.6) is 0 Å². The van der Waals surface area contributed by atoms with Crippen LogP contribution in [0.15, 0.2) is 28.7 Å². The van der Waals surface area contributed by atoms with Crippen LogP contribution in [0, 0.1) is 5.92 Å². The minimum Gasteiger partial charge on any atom is -0.353 e. The fourth-order valence-corrected chi connectivity index (χ4v) is 3.67. The van der Waals surface area contributed by atoms with Crippen LogP contribution < -0.4 is 5.32 Å². The maximum atomic E-state index is 11.4. The van der Waals surface area contributed by atoms with E-state index in [-0.39, 0.29) is 5.91 Å². The minimum atomic E-state index is 0.238. The fraction of sp³-hybridized carbons (Fsp3) is 0.533. The number of rotatable bonds is 2. The highest BCUT2D eigenvalue weighted by atomic mass is 79.9. The van der Waals surface area contributed by atoms with Crippen LogP contribution in [0.25, 0.3) is 0 Å². The standard InChI is InChI=1S/C15H19BrN2O/c16-13-3-1-2-11(8-13)9-18-7-6-14-12(10-18)4-5-15(19)17-14/h1-3,8,12,14H,4-7,9-10H2,(H,17,19). The van der Waals surface area contributed by atoms with E-state index >= 15 is 0 Å². The van der Waals surface area contributed by atoms with Gasteiger partial charge in [0.05, 0.1) is 0 Å². The molecule has 2 aliphatic heterocycles. The molecule has 0 aromatic heterocycles. The zero-order chi connectivity index (χ0) is 13.2. The van der Waals surface area contributed by atoms with E-state index in [1.165, 1.54) is 5.56 Å². The first-order valence-corrected chi connectivity index (χ1v) is 7.76. The molecule has 2 unspecified atom stereocenters. The minimum absolute atomic E-state index is 0.238. The van der Waals surface area contributed by atoms with Crippen LogP contribution in [0.2, 0.25) is 0 Å². The number of amides is 1. The van der Waals surface area contributed by atoms with Gasteiger partial charge in [-0.2, -0.15) is 0 Å². The Labute approximate surface area is 122 Å². The summed E-state index contributed by atoms with van der Waals surface area (Å²) in [6.45, 7) is 3.20. The molecule has 0 saturated carbocycles.